The molecule has 1 N–H and O–H groups in total. The lowest BCUT2D eigenvalue weighted by Gasteiger charge is -2.12. The Balaban J connectivity index is 2.07. The fraction of sp³-hybridized carbons (Fsp3) is 0.150. The molecule has 1 aromatic heterocycles. The van der Waals surface area contributed by atoms with Crippen molar-refractivity contribution < 1.29 is 14.3 Å². The Morgan fingerprint density at radius 1 is 1.13 bits per heavy atom. The van der Waals surface area contributed by atoms with Crippen LogP contribution in [0.25, 0.3) is 0 Å². The summed E-state index contributed by atoms with van der Waals surface area (Å²) < 4.78 is 6.41. The first kappa shape index (κ1) is 22.5. The van der Waals surface area contributed by atoms with Crippen molar-refractivity contribution in [3.05, 3.63) is 74.2 Å². The lowest BCUT2D eigenvalue weighted by Crippen LogP contribution is -2.19. The maximum absolute atomic E-state index is 12.9. The van der Waals surface area contributed by atoms with Crippen LogP contribution in [0, 0.1) is 0 Å². The van der Waals surface area contributed by atoms with Crippen LogP contribution in [0.1, 0.15) is 26.3 Å². The van der Waals surface area contributed by atoms with Crippen LogP contribution >= 0.6 is 46.6 Å². The minimum Gasteiger partial charge on any atom is -0.465 e. The lowest BCUT2D eigenvalue weighted by atomic mass is 10.2. The molecule has 0 unspecified atom stereocenters. The third-order valence-corrected chi connectivity index (χ3v) is 5.78. The number of thioether (sulfide) groups is 1. The highest BCUT2D eigenvalue weighted by Gasteiger charge is 2.27. The molecule has 1 amide bonds. The zero-order valence-corrected chi connectivity index (χ0v) is 19.0. The average Bonchev–Trinajstić information content (AvgIpc) is 3.06. The predicted octanol–water partition coefficient (Wildman–Crippen LogP) is 5.65. The van der Waals surface area contributed by atoms with Crippen molar-refractivity contribution in [1.29, 1.82) is 0 Å². The van der Waals surface area contributed by atoms with Gasteiger partial charge >= 0.3 is 5.97 Å². The molecule has 0 saturated carbocycles. The maximum Gasteiger partial charge on any atom is 0.344 e. The number of carbonyl (C=O) groups is 2. The lowest BCUT2D eigenvalue weighted by molar-refractivity contribution is 0.0598. The van der Waals surface area contributed by atoms with Crippen molar-refractivity contribution in [2.75, 3.05) is 18.7 Å². The van der Waals surface area contributed by atoms with Crippen molar-refractivity contribution in [1.82, 2.24) is 9.78 Å². The minimum atomic E-state index is -0.623. The third kappa shape index (κ3) is 4.75. The molecule has 0 radical (unpaired) electrons. The SMILES string of the molecule is COC(=O)c1c(SC)nn(Cc2ccccc2Cl)c1NC(=O)c1ccc(Cl)cc1Cl. The van der Waals surface area contributed by atoms with Gasteiger partial charge in [-0.1, -0.05) is 53.0 Å². The predicted molar refractivity (Wildman–Crippen MR) is 120 cm³/mol. The second kappa shape index (κ2) is 9.75. The van der Waals surface area contributed by atoms with Crippen molar-refractivity contribution in [2.45, 2.75) is 11.6 Å². The van der Waals surface area contributed by atoms with Gasteiger partial charge in [0.2, 0.25) is 0 Å². The number of anilines is 1. The maximum atomic E-state index is 12.9. The molecular weight excluding hydrogens is 469 g/mol. The molecule has 0 fully saturated rings. The number of esters is 1. The van der Waals surface area contributed by atoms with Gasteiger partial charge in [0.1, 0.15) is 16.4 Å². The van der Waals surface area contributed by atoms with E-state index in [4.69, 9.17) is 39.5 Å². The number of hydrogen-bond acceptors (Lipinski definition) is 5. The molecule has 0 saturated heterocycles. The first-order valence-corrected chi connectivity index (χ1v) is 10.9. The standard InChI is InChI=1S/C20H16Cl3N3O3S/c1-29-20(28)16-17(24-18(27)13-8-7-12(21)9-15(13)23)26(25-19(16)30-2)10-11-5-3-4-6-14(11)22/h3-9H,10H2,1-2H3,(H,24,27). The van der Waals surface area contributed by atoms with Gasteiger partial charge in [0.05, 0.1) is 24.2 Å². The first-order chi connectivity index (χ1) is 14.3. The number of benzene rings is 2. The van der Waals surface area contributed by atoms with E-state index in [0.717, 1.165) is 5.56 Å². The fourth-order valence-electron chi connectivity index (χ4n) is 2.75. The van der Waals surface area contributed by atoms with E-state index in [1.165, 1.54) is 35.7 Å². The number of hydrogen-bond donors (Lipinski definition) is 1. The summed E-state index contributed by atoms with van der Waals surface area (Å²) in [4.78, 5) is 25.4. The Kier molecular flexibility index (Phi) is 7.31. The number of ether oxygens (including phenoxy) is 1. The van der Waals surface area contributed by atoms with Crippen molar-refractivity contribution >= 4 is 64.3 Å². The molecule has 6 nitrogen and oxygen atoms in total. The molecule has 10 heteroatoms. The summed E-state index contributed by atoms with van der Waals surface area (Å²) in [7, 11) is 1.26. The monoisotopic (exact) mass is 483 g/mol. The normalized spacial score (nSPS) is 10.7. The van der Waals surface area contributed by atoms with E-state index in [9.17, 15) is 9.59 Å². The van der Waals surface area contributed by atoms with Crippen molar-refractivity contribution in [2.24, 2.45) is 0 Å². The number of methoxy groups -OCH3 is 1. The van der Waals surface area contributed by atoms with E-state index in [-0.39, 0.29) is 28.5 Å². The van der Waals surface area contributed by atoms with Gasteiger partial charge in [-0.2, -0.15) is 5.10 Å². The minimum absolute atomic E-state index is 0.149. The van der Waals surface area contributed by atoms with E-state index in [1.54, 1.807) is 18.4 Å². The Bertz CT molecular complexity index is 1120. The summed E-state index contributed by atoms with van der Waals surface area (Å²) >= 11 is 19.6. The highest BCUT2D eigenvalue weighted by molar-refractivity contribution is 7.98. The molecule has 1 heterocycles. The molecular formula is C20H16Cl3N3O3S. The summed E-state index contributed by atoms with van der Waals surface area (Å²) in [5, 5.41) is 8.74. The van der Waals surface area contributed by atoms with Crippen LogP contribution in [-0.4, -0.2) is 35.0 Å². The van der Waals surface area contributed by atoms with Crippen LogP contribution in [0.3, 0.4) is 0 Å². The number of carbonyl (C=O) groups excluding carboxylic acids is 2. The Hall–Kier alpha value is -2.19. The number of nitrogens with zero attached hydrogens (tertiary/aromatic N) is 2. The zero-order chi connectivity index (χ0) is 21.8. The molecule has 3 rings (SSSR count). The summed E-state index contributed by atoms with van der Waals surface area (Å²) in [6.07, 6.45) is 1.77. The van der Waals surface area contributed by atoms with Crippen LogP contribution in [0.15, 0.2) is 47.5 Å². The second-order valence-electron chi connectivity index (χ2n) is 6.05. The second-order valence-corrected chi connectivity index (χ2v) is 8.10. The van der Waals surface area contributed by atoms with E-state index < -0.39 is 11.9 Å². The van der Waals surface area contributed by atoms with Gasteiger partial charge in [-0.15, -0.1) is 11.8 Å². The molecule has 0 atom stereocenters. The van der Waals surface area contributed by atoms with Crippen LogP contribution < -0.4 is 5.32 Å². The molecule has 0 spiro atoms. The van der Waals surface area contributed by atoms with Gasteiger partial charge in [0.15, 0.2) is 0 Å². The number of aromatic nitrogens is 2. The highest BCUT2D eigenvalue weighted by atomic mass is 35.5. The van der Waals surface area contributed by atoms with Crippen LogP contribution in [0.2, 0.25) is 15.1 Å². The Morgan fingerprint density at radius 3 is 2.50 bits per heavy atom. The average molecular weight is 485 g/mol. The van der Waals surface area contributed by atoms with E-state index in [2.05, 4.69) is 10.4 Å². The van der Waals surface area contributed by atoms with E-state index >= 15 is 0 Å². The Morgan fingerprint density at radius 2 is 1.87 bits per heavy atom. The summed E-state index contributed by atoms with van der Waals surface area (Å²) in [6, 6.07) is 11.8. The summed E-state index contributed by atoms with van der Waals surface area (Å²) in [5.41, 5.74) is 1.12. The van der Waals surface area contributed by atoms with Gasteiger partial charge in [-0.05, 0) is 36.1 Å². The zero-order valence-electron chi connectivity index (χ0n) is 15.9. The van der Waals surface area contributed by atoms with Gasteiger partial charge in [-0.3, -0.25) is 4.79 Å². The number of rotatable bonds is 6. The van der Waals surface area contributed by atoms with Gasteiger partial charge in [-0.25, -0.2) is 9.48 Å². The molecule has 0 aliphatic heterocycles. The van der Waals surface area contributed by atoms with Gasteiger partial charge in [0.25, 0.3) is 5.91 Å². The van der Waals surface area contributed by atoms with Crippen LogP contribution in [0.4, 0.5) is 5.82 Å². The van der Waals surface area contributed by atoms with Crippen molar-refractivity contribution in [3.8, 4) is 0 Å². The molecule has 0 aliphatic rings. The Labute approximate surface area is 192 Å². The molecule has 3 aromatic rings. The number of amides is 1. The smallest absolute Gasteiger partial charge is 0.344 e. The topological polar surface area (TPSA) is 73.2 Å². The van der Waals surface area contributed by atoms with Crippen LogP contribution in [0.5, 0.6) is 0 Å². The summed E-state index contributed by atoms with van der Waals surface area (Å²) in [6.45, 7) is 0.230. The van der Waals surface area contributed by atoms with Gasteiger partial charge < -0.3 is 10.1 Å². The molecule has 2 aromatic carbocycles. The largest absolute Gasteiger partial charge is 0.465 e. The first-order valence-electron chi connectivity index (χ1n) is 8.58. The molecule has 0 aliphatic carbocycles. The quantitative estimate of drug-likeness (QED) is 0.361. The highest BCUT2D eigenvalue weighted by Crippen LogP contribution is 2.30. The van der Waals surface area contributed by atoms with Crippen LogP contribution in [-0.2, 0) is 11.3 Å². The molecule has 156 valence electrons. The number of halogens is 3. The molecule has 0 bridgehead atoms. The van der Waals surface area contributed by atoms with Gasteiger partial charge in [0, 0.05) is 10.0 Å². The fourth-order valence-corrected chi connectivity index (χ4v) is 4.00. The third-order valence-electron chi connectivity index (χ3n) is 4.19. The summed E-state index contributed by atoms with van der Waals surface area (Å²) in [5.74, 6) is -0.959. The number of nitrogens with one attached hydrogen (secondary N) is 1. The van der Waals surface area contributed by atoms with E-state index in [1.807, 2.05) is 18.2 Å². The van der Waals surface area contributed by atoms with E-state index in [0.29, 0.717) is 15.1 Å². The van der Waals surface area contributed by atoms with Crippen molar-refractivity contribution in [3.63, 3.8) is 0 Å². The molecule has 30 heavy (non-hydrogen) atoms.